The van der Waals surface area contributed by atoms with Crippen molar-refractivity contribution in [2.24, 2.45) is 15.3 Å². The lowest BCUT2D eigenvalue weighted by atomic mass is 9.94. The highest BCUT2D eigenvalue weighted by atomic mass is 16.5. The van der Waals surface area contributed by atoms with E-state index in [1.807, 2.05) is 6.92 Å². The number of nitrogens with two attached hydrogens (primary N) is 1. The molecule has 0 saturated carbocycles. The molecule has 0 amide bonds. The summed E-state index contributed by atoms with van der Waals surface area (Å²) < 4.78 is 16.5. The van der Waals surface area contributed by atoms with Gasteiger partial charge in [0.2, 0.25) is 5.78 Å². The molecule has 0 atom stereocenters. The number of ether oxygens (including phenoxy) is 3. The van der Waals surface area contributed by atoms with Gasteiger partial charge in [-0.3, -0.25) is 10.2 Å². The van der Waals surface area contributed by atoms with E-state index in [0.29, 0.717) is 45.6 Å². The van der Waals surface area contributed by atoms with Crippen LogP contribution in [0.4, 0.5) is 22.7 Å². The molecule has 3 aromatic rings. The van der Waals surface area contributed by atoms with E-state index in [4.69, 9.17) is 30.2 Å². The van der Waals surface area contributed by atoms with Crippen molar-refractivity contribution in [3.63, 3.8) is 0 Å². The molecule has 0 aromatic heterocycles. The molecule has 1 aliphatic rings. The number of fused-ring (bicyclic) bond motifs is 1. The van der Waals surface area contributed by atoms with Gasteiger partial charge in [0.15, 0.2) is 5.75 Å². The number of carbonyl (C=O) groups excluding carboxylic acids is 1. The number of hydrogen-bond acceptors (Lipinski definition) is 11. The molecule has 0 aliphatic heterocycles. The molecule has 0 bridgehead atoms. The largest absolute Gasteiger partial charge is 0.494 e. The number of nitrogens with zero attached hydrogens (tertiary/aromatic N) is 3. The number of anilines is 2. The van der Waals surface area contributed by atoms with Crippen LogP contribution in [0.5, 0.6) is 17.2 Å². The minimum atomic E-state index is -0.215. The second kappa shape index (κ2) is 12.7. The number of azo groups is 1. The maximum Gasteiger partial charge on any atom is 0.213 e. The summed E-state index contributed by atoms with van der Waals surface area (Å²) in [6.45, 7) is 1.77. The molecule has 0 spiro atoms. The first-order valence-corrected chi connectivity index (χ1v) is 12.1. The number of hydrogen-bond donors (Lipinski definition) is 4. The molecule has 5 N–H and O–H groups in total. The fourth-order valence-corrected chi connectivity index (χ4v) is 3.77. The summed E-state index contributed by atoms with van der Waals surface area (Å²) in [5.74, 6) is 1.10. The zero-order valence-corrected chi connectivity index (χ0v) is 21.5. The van der Waals surface area contributed by atoms with Crippen LogP contribution in [-0.4, -0.2) is 55.2 Å². The highest BCUT2D eigenvalue weighted by Crippen LogP contribution is 2.36. The maximum absolute atomic E-state index is 12.8. The molecule has 3 aromatic carbocycles. The first-order chi connectivity index (χ1) is 18.9. The molecule has 4 rings (SSSR count). The van der Waals surface area contributed by atoms with Gasteiger partial charge >= 0.3 is 0 Å². The van der Waals surface area contributed by atoms with Gasteiger partial charge in [0.1, 0.15) is 36.1 Å². The van der Waals surface area contributed by atoms with Gasteiger partial charge < -0.3 is 30.2 Å². The fraction of sp³-hybridized carbons (Fsp3) is 0.214. The number of allylic oxidation sites excluding steroid dienone is 1. The van der Waals surface area contributed by atoms with Crippen LogP contribution in [0.2, 0.25) is 0 Å². The molecule has 0 heterocycles. The summed E-state index contributed by atoms with van der Waals surface area (Å²) in [6.07, 6.45) is 3.43. The third kappa shape index (κ3) is 6.58. The smallest absolute Gasteiger partial charge is 0.213 e. The summed E-state index contributed by atoms with van der Waals surface area (Å²) >= 11 is 0. The number of ketones is 1. The number of nitrogens with one attached hydrogen (secondary N) is 1. The summed E-state index contributed by atoms with van der Waals surface area (Å²) in [5, 5.41) is 31.1. The third-order valence-electron chi connectivity index (χ3n) is 5.69. The van der Waals surface area contributed by atoms with E-state index in [9.17, 15) is 4.79 Å². The van der Waals surface area contributed by atoms with Crippen molar-refractivity contribution in [1.82, 2.24) is 0 Å². The second-order valence-electron chi connectivity index (χ2n) is 8.43. The third-order valence-corrected chi connectivity index (χ3v) is 5.69. The van der Waals surface area contributed by atoms with E-state index in [2.05, 4.69) is 20.8 Å². The number of rotatable bonds is 11. The average Bonchev–Trinajstić information content (AvgIpc) is 2.94. The molecule has 1 aliphatic carbocycles. The van der Waals surface area contributed by atoms with Gasteiger partial charge in [-0.05, 0) is 60.5 Å². The lowest BCUT2D eigenvalue weighted by Crippen LogP contribution is -2.18. The number of carbonyl (C=O) groups is 1. The first kappa shape index (κ1) is 27.3. The van der Waals surface area contributed by atoms with Crippen LogP contribution in [0.3, 0.4) is 0 Å². The lowest BCUT2D eigenvalue weighted by molar-refractivity contribution is 0.106. The fourth-order valence-electron chi connectivity index (χ4n) is 3.77. The predicted molar refractivity (Wildman–Crippen MR) is 149 cm³/mol. The Morgan fingerprint density at radius 3 is 2.44 bits per heavy atom. The molecule has 0 saturated heterocycles. The zero-order valence-electron chi connectivity index (χ0n) is 21.5. The number of aryl methyl sites for hydroxylation is 1. The average molecular weight is 532 g/mol. The number of hydrazone groups is 1. The molecule has 11 heteroatoms. The summed E-state index contributed by atoms with van der Waals surface area (Å²) in [5.41, 5.74) is 13.1. The minimum absolute atomic E-state index is 0.0685. The van der Waals surface area contributed by atoms with Crippen molar-refractivity contribution in [1.29, 1.82) is 0 Å². The maximum atomic E-state index is 12.8. The van der Waals surface area contributed by atoms with Crippen LogP contribution in [0.15, 0.2) is 69.9 Å². The molecule has 0 unspecified atom stereocenters. The van der Waals surface area contributed by atoms with Gasteiger partial charge in [-0.25, -0.2) is 0 Å². The van der Waals surface area contributed by atoms with Crippen LogP contribution in [-0.2, 0) is 0 Å². The van der Waals surface area contributed by atoms with E-state index in [-0.39, 0.29) is 37.9 Å². The molecule has 0 radical (unpaired) electrons. The Morgan fingerprint density at radius 2 is 1.67 bits per heavy atom. The van der Waals surface area contributed by atoms with Gasteiger partial charge in [-0.2, -0.15) is 10.2 Å². The SMILES string of the molecule is COc1cc(/N=N/c2ccc(OCCO)cc2OCCO)c(C)cc1N/N=C1/C=Cc2cc(N)ccc2C1=O. The number of benzene rings is 3. The van der Waals surface area contributed by atoms with Crippen LogP contribution in [0.25, 0.3) is 6.08 Å². The Kier molecular flexibility index (Phi) is 8.87. The van der Waals surface area contributed by atoms with Crippen LogP contribution in [0.1, 0.15) is 21.5 Å². The monoisotopic (exact) mass is 531 g/mol. The Labute approximate surface area is 225 Å². The molecule has 11 nitrogen and oxygen atoms in total. The first-order valence-electron chi connectivity index (χ1n) is 12.1. The number of aliphatic hydroxyl groups excluding tert-OH is 2. The normalized spacial score (nSPS) is 13.5. The van der Waals surface area contributed by atoms with E-state index >= 15 is 0 Å². The number of Topliss-reactive ketones (excluding diaryl/α,β-unsaturated/α-hetero) is 1. The Morgan fingerprint density at radius 1 is 0.897 bits per heavy atom. The molecule has 202 valence electrons. The van der Waals surface area contributed by atoms with E-state index < -0.39 is 0 Å². The van der Waals surface area contributed by atoms with Gasteiger partial charge in [-0.1, -0.05) is 6.08 Å². The van der Waals surface area contributed by atoms with Crippen molar-refractivity contribution >= 4 is 40.3 Å². The summed E-state index contributed by atoms with van der Waals surface area (Å²) in [7, 11) is 1.52. The van der Waals surface area contributed by atoms with Crippen LogP contribution in [0, 0.1) is 6.92 Å². The Hall–Kier alpha value is -4.74. The standard InChI is InChI=1S/C28H29N5O6/c1-17-13-25(33-31-23-7-3-18-14-19(29)4-6-21(18)28(23)36)26(37-2)16-24(17)32-30-22-8-5-20(38-11-9-34)15-27(22)39-12-10-35/h3-8,13-16,33-35H,9-12,29H2,1-2H3/b31-23-,32-30+. The Bertz CT molecular complexity index is 1450. The van der Waals surface area contributed by atoms with E-state index in [1.54, 1.807) is 60.7 Å². The molecular weight excluding hydrogens is 502 g/mol. The van der Waals surface area contributed by atoms with Crippen molar-refractivity contribution in [2.45, 2.75) is 6.92 Å². The van der Waals surface area contributed by atoms with Crippen molar-refractivity contribution < 1.29 is 29.2 Å². The van der Waals surface area contributed by atoms with Crippen LogP contribution < -0.4 is 25.4 Å². The topological polar surface area (TPSA) is 160 Å². The van der Waals surface area contributed by atoms with E-state index in [1.165, 1.54) is 7.11 Å². The van der Waals surface area contributed by atoms with Crippen LogP contribution >= 0.6 is 0 Å². The van der Waals surface area contributed by atoms with Crippen molar-refractivity contribution in [3.8, 4) is 17.2 Å². The number of methoxy groups -OCH3 is 1. The second-order valence-corrected chi connectivity index (χ2v) is 8.43. The molecular formula is C28H29N5O6. The Balaban J connectivity index is 1.55. The predicted octanol–water partition coefficient (Wildman–Crippen LogP) is 4.42. The van der Waals surface area contributed by atoms with Gasteiger partial charge in [-0.15, -0.1) is 5.11 Å². The molecule has 39 heavy (non-hydrogen) atoms. The van der Waals surface area contributed by atoms with Crippen molar-refractivity contribution in [3.05, 3.63) is 71.3 Å². The lowest BCUT2D eigenvalue weighted by Gasteiger charge is -2.14. The number of aliphatic hydroxyl groups is 2. The minimum Gasteiger partial charge on any atom is -0.494 e. The summed E-state index contributed by atoms with van der Waals surface area (Å²) in [4.78, 5) is 12.8. The van der Waals surface area contributed by atoms with E-state index in [0.717, 1.165) is 11.1 Å². The highest BCUT2D eigenvalue weighted by Gasteiger charge is 2.20. The van der Waals surface area contributed by atoms with Gasteiger partial charge in [0, 0.05) is 23.4 Å². The summed E-state index contributed by atoms with van der Waals surface area (Å²) in [6, 6.07) is 13.6. The quantitative estimate of drug-likeness (QED) is 0.161. The van der Waals surface area contributed by atoms with Crippen molar-refractivity contribution in [2.75, 3.05) is 44.7 Å². The molecule has 0 fully saturated rings. The van der Waals surface area contributed by atoms with Gasteiger partial charge in [0.05, 0.1) is 31.7 Å². The zero-order chi connectivity index (χ0) is 27.8. The number of nitrogen functional groups attached to an aromatic ring is 1. The van der Waals surface area contributed by atoms with Gasteiger partial charge in [0.25, 0.3) is 0 Å². The highest BCUT2D eigenvalue weighted by molar-refractivity contribution is 6.52.